The van der Waals surface area contributed by atoms with Crippen LogP contribution in [0.2, 0.25) is 5.02 Å². The van der Waals surface area contributed by atoms with Crippen molar-refractivity contribution in [1.29, 1.82) is 0 Å². The maximum absolute atomic E-state index is 12.1. The van der Waals surface area contributed by atoms with E-state index in [0.29, 0.717) is 23.7 Å². The Morgan fingerprint density at radius 3 is 2.73 bits per heavy atom. The number of fused-ring (bicyclic) bond motifs is 1. The molecule has 3 aromatic rings. The summed E-state index contributed by atoms with van der Waals surface area (Å²) >= 11 is 6.09. The first-order valence-corrected chi connectivity index (χ1v) is 7.35. The van der Waals surface area contributed by atoms with Crippen LogP contribution in [-0.2, 0) is 11.2 Å². The van der Waals surface area contributed by atoms with Gasteiger partial charge in [0, 0.05) is 22.2 Å². The molecule has 1 heterocycles. The normalized spacial score (nSPS) is 10.6. The van der Waals surface area contributed by atoms with Gasteiger partial charge in [-0.05, 0) is 18.1 Å². The van der Waals surface area contributed by atoms with Crippen molar-refractivity contribution in [1.82, 2.24) is 10.2 Å². The molecule has 1 amide bonds. The molecule has 0 spiro atoms. The second-order valence-electron chi connectivity index (χ2n) is 4.92. The van der Waals surface area contributed by atoms with Gasteiger partial charge in [0.25, 0.3) is 0 Å². The second kappa shape index (κ2) is 6.54. The van der Waals surface area contributed by atoms with Crippen molar-refractivity contribution in [2.45, 2.75) is 12.8 Å². The van der Waals surface area contributed by atoms with E-state index in [2.05, 4.69) is 15.5 Å². The SMILES string of the molecule is O=C(CCc1ccccc1Cl)Nc1nncc2ccccc12. The van der Waals surface area contributed by atoms with Crippen molar-refractivity contribution in [3.05, 3.63) is 65.3 Å². The number of nitrogens with one attached hydrogen (secondary N) is 1. The van der Waals surface area contributed by atoms with Crippen LogP contribution in [0.25, 0.3) is 10.8 Å². The van der Waals surface area contributed by atoms with E-state index in [0.717, 1.165) is 16.3 Å². The molecule has 0 atom stereocenters. The standard InChI is InChI=1S/C17H14ClN3O/c18-15-8-4-2-5-12(15)9-10-16(22)20-17-14-7-3-1-6-13(14)11-19-21-17/h1-8,11H,9-10H2,(H,20,21,22). The van der Waals surface area contributed by atoms with Gasteiger partial charge in [-0.25, -0.2) is 0 Å². The summed E-state index contributed by atoms with van der Waals surface area (Å²) in [7, 11) is 0. The molecule has 0 saturated carbocycles. The molecule has 0 aliphatic carbocycles. The average Bonchev–Trinajstić information content (AvgIpc) is 2.54. The number of nitrogens with zero attached hydrogens (tertiary/aromatic N) is 2. The van der Waals surface area contributed by atoms with E-state index in [9.17, 15) is 4.79 Å². The highest BCUT2D eigenvalue weighted by atomic mass is 35.5. The molecule has 0 aliphatic rings. The number of aromatic nitrogens is 2. The van der Waals surface area contributed by atoms with Crippen LogP contribution in [0.4, 0.5) is 5.82 Å². The van der Waals surface area contributed by atoms with Crippen LogP contribution in [0, 0.1) is 0 Å². The lowest BCUT2D eigenvalue weighted by Gasteiger charge is -2.07. The van der Waals surface area contributed by atoms with Gasteiger partial charge < -0.3 is 5.32 Å². The van der Waals surface area contributed by atoms with Crippen LogP contribution in [0.5, 0.6) is 0 Å². The average molecular weight is 312 g/mol. The van der Waals surface area contributed by atoms with Crippen molar-refractivity contribution in [2.24, 2.45) is 0 Å². The molecule has 3 rings (SSSR count). The smallest absolute Gasteiger partial charge is 0.225 e. The molecular weight excluding hydrogens is 298 g/mol. The summed E-state index contributed by atoms with van der Waals surface area (Å²) in [5, 5.41) is 13.2. The first-order chi connectivity index (χ1) is 10.7. The number of rotatable bonds is 4. The number of benzene rings is 2. The van der Waals surface area contributed by atoms with Gasteiger partial charge in [-0.1, -0.05) is 54.1 Å². The Balaban J connectivity index is 1.70. The lowest BCUT2D eigenvalue weighted by molar-refractivity contribution is -0.116. The molecule has 0 radical (unpaired) electrons. The zero-order valence-electron chi connectivity index (χ0n) is 11.8. The van der Waals surface area contributed by atoms with Gasteiger partial charge >= 0.3 is 0 Å². The summed E-state index contributed by atoms with van der Waals surface area (Å²) in [4.78, 5) is 12.1. The molecule has 0 saturated heterocycles. The number of hydrogen-bond donors (Lipinski definition) is 1. The van der Waals surface area contributed by atoms with Crippen LogP contribution in [0.1, 0.15) is 12.0 Å². The Hall–Kier alpha value is -2.46. The molecule has 22 heavy (non-hydrogen) atoms. The van der Waals surface area contributed by atoms with E-state index in [1.165, 1.54) is 0 Å². The van der Waals surface area contributed by atoms with Crippen molar-refractivity contribution < 1.29 is 4.79 Å². The Labute approximate surface area is 133 Å². The van der Waals surface area contributed by atoms with Crippen molar-refractivity contribution in [2.75, 3.05) is 5.32 Å². The number of anilines is 1. The zero-order valence-corrected chi connectivity index (χ0v) is 12.5. The van der Waals surface area contributed by atoms with Gasteiger partial charge in [0.1, 0.15) is 0 Å². The highest BCUT2D eigenvalue weighted by molar-refractivity contribution is 6.31. The van der Waals surface area contributed by atoms with E-state index in [4.69, 9.17) is 11.6 Å². The van der Waals surface area contributed by atoms with Crippen LogP contribution in [0.15, 0.2) is 54.7 Å². The highest BCUT2D eigenvalue weighted by Crippen LogP contribution is 2.20. The zero-order chi connectivity index (χ0) is 15.4. The topological polar surface area (TPSA) is 54.9 Å². The number of aryl methyl sites for hydroxylation is 1. The predicted molar refractivity (Wildman–Crippen MR) is 87.9 cm³/mol. The quantitative estimate of drug-likeness (QED) is 0.796. The number of carbonyl (C=O) groups excluding carboxylic acids is 1. The Morgan fingerprint density at radius 1 is 1.09 bits per heavy atom. The molecule has 4 nitrogen and oxygen atoms in total. The predicted octanol–water partition coefficient (Wildman–Crippen LogP) is 3.85. The van der Waals surface area contributed by atoms with Gasteiger partial charge in [0.15, 0.2) is 5.82 Å². The molecule has 0 unspecified atom stereocenters. The number of hydrogen-bond acceptors (Lipinski definition) is 3. The van der Waals surface area contributed by atoms with Crippen molar-refractivity contribution >= 4 is 34.1 Å². The fourth-order valence-electron chi connectivity index (χ4n) is 2.26. The summed E-state index contributed by atoms with van der Waals surface area (Å²) in [6, 6.07) is 15.2. The van der Waals surface area contributed by atoms with Crippen LogP contribution < -0.4 is 5.32 Å². The monoisotopic (exact) mass is 311 g/mol. The highest BCUT2D eigenvalue weighted by Gasteiger charge is 2.09. The van der Waals surface area contributed by atoms with E-state index in [1.54, 1.807) is 6.20 Å². The van der Waals surface area contributed by atoms with Gasteiger partial charge in [-0.3, -0.25) is 4.79 Å². The molecule has 1 N–H and O–H groups in total. The third-order valence-electron chi connectivity index (χ3n) is 3.41. The molecule has 2 aromatic carbocycles. The molecule has 1 aromatic heterocycles. The van der Waals surface area contributed by atoms with Crippen LogP contribution >= 0.6 is 11.6 Å². The first kappa shape index (κ1) is 14.5. The summed E-state index contributed by atoms with van der Waals surface area (Å²) in [6.07, 6.45) is 2.60. The van der Waals surface area contributed by atoms with Gasteiger partial charge in [0.05, 0.1) is 6.20 Å². The third kappa shape index (κ3) is 3.23. The fraction of sp³-hybridized carbons (Fsp3) is 0.118. The number of carbonyl (C=O) groups is 1. The largest absolute Gasteiger partial charge is 0.309 e. The minimum atomic E-state index is -0.106. The Kier molecular flexibility index (Phi) is 4.30. The van der Waals surface area contributed by atoms with Gasteiger partial charge in [0.2, 0.25) is 5.91 Å². The molecule has 5 heteroatoms. The Morgan fingerprint density at radius 2 is 1.86 bits per heavy atom. The minimum Gasteiger partial charge on any atom is -0.309 e. The molecular formula is C17H14ClN3O. The fourth-order valence-corrected chi connectivity index (χ4v) is 2.49. The lowest BCUT2D eigenvalue weighted by atomic mass is 10.1. The maximum Gasteiger partial charge on any atom is 0.225 e. The second-order valence-corrected chi connectivity index (χ2v) is 5.33. The van der Waals surface area contributed by atoms with E-state index in [-0.39, 0.29) is 5.91 Å². The number of amides is 1. The summed E-state index contributed by atoms with van der Waals surface area (Å²) in [5.74, 6) is 0.382. The van der Waals surface area contributed by atoms with Gasteiger partial charge in [-0.15, -0.1) is 5.10 Å². The molecule has 0 fully saturated rings. The summed E-state index contributed by atoms with van der Waals surface area (Å²) < 4.78 is 0. The summed E-state index contributed by atoms with van der Waals surface area (Å²) in [5.41, 5.74) is 0.961. The third-order valence-corrected chi connectivity index (χ3v) is 3.78. The van der Waals surface area contributed by atoms with Crippen LogP contribution in [0.3, 0.4) is 0 Å². The minimum absolute atomic E-state index is 0.106. The molecule has 0 bridgehead atoms. The maximum atomic E-state index is 12.1. The Bertz CT molecular complexity index is 814. The first-order valence-electron chi connectivity index (χ1n) is 6.98. The van der Waals surface area contributed by atoms with Gasteiger partial charge in [-0.2, -0.15) is 5.10 Å². The van der Waals surface area contributed by atoms with E-state index >= 15 is 0 Å². The lowest BCUT2D eigenvalue weighted by Crippen LogP contribution is -2.14. The molecule has 0 aliphatic heterocycles. The van der Waals surface area contributed by atoms with E-state index < -0.39 is 0 Å². The molecule has 110 valence electrons. The number of halogens is 1. The van der Waals surface area contributed by atoms with Crippen molar-refractivity contribution in [3.63, 3.8) is 0 Å². The van der Waals surface area contributed by atoms with Crippen molar-refractivity contribution in [3.8, 4) is 0 Å². The van der Waals surface area contributed by atoms with E-state index in [1.807, 2.05) is 48.5 Å². The summed E-state index contributed by atoms with van der Waals surface area (Å²) in [6.45, 7) is 0. The van der Waals surface area contributed by atoms with Crippen LogP contribution in [-0.4, -0.2) is 16.1 Å².